The highest BCUT2D eigenvalue weighted by Crippen LogP contribution is 2.39. The molecule has 1 aliphatic carbocycles. The van der Waals surface area contributed by atoms with Crippen LogP contribution in [0.2, 0.25) is 0 Å². The van der Waals surface area contributed by atoms with E-state index >= 15 is 0 Å². The maximum Gasteiger partial charge on any atom is 0.246 e. The van der Waals surface area contributed by atoms with Gasteiger partial charge < -0.3 is 10.5 Å². The van der Waals surface area contributed by atoms with Crippen molar-refractivity contribution < 1.29 is 13.2 Å². The minimum Gasteiger partial charge on any atom is -0.381 e. The number of sulfonamides is 1. The Morgan fingerprint density at radius 3 is 2.85 bits per heavy atom. The van der Waals surface area contributed by atoms with Crippen LogP contribution in [0.25, 0.3) is 0 Å². The smallest absolute Gasteiger partial charge is 0.246 e. The predicted octanol–water partition coefficient (Wildman–Crippen LogP) is 0.331. The van der Waals surface area contributed by atoms with Crippen molar-refractivity contribution in [1.29, 1.82) is 0 Å². The second kappa shape index (κ2) is 5.01. The third-order valence-corrected chi connectivity index (χ3v) is 5.40. The third kappa shape index (κ3) is 2.55. The number of anilines is 1. The second-order valence-corrected chi connectivity index (χ2v) is 7.11. The van der Waals surface area contributed by atoms with Crippen molar-refractivity contribution in [3.05, 3.63) is 6.20 Å². The van der Waals surface area contributed by atoms with E-state index in [1.807, 2.05) is 6.92 Å². The van der Waals surface area contributed by atoms with Gasteiger partial charge in [-0.2, -0.15) is 5.10 Å². The molecule has 2 aliphatic rings. The second-order valence-electron chi connectivity index (χ2n) is 5.42. The van der Waals surface area contributed by atoms with E-state index in [4.69, 9.17) is 10.5 Å². The van der Waals surface area contributed by atoms with Gasteiger partial charge >= 0.3 is 0 Å². The lowest BCUT2D eigenvalue weighted by Gasteiger charge is -2.19. The monoisotopic (exact) mass is 300 g/mol. The summed E-state index contributed by atoms with van der Waals surface area (Å²) in [7, 11) is -3.64. The van der Waals surface area contributed by atoms with Crippen LogP contribution in [0.3, 0.4) is 0 Å². The number of hydrogen-bond acceptors (Lipinski definition) is 5. The van der Waals surface area contributed by atoms with Gasteiger partial charge in [-0.25, -0.2) is 13.1 Å². The first-order valence-electron chi connectivity index (χ1n) is 6.98. The van der Waals surface area contributed by atoms with Crippen LogP contribution in [-0.2, 0) is 21.3 Å². The minimum absolute atomic E-state index is 0.00668. The Hall–Kier alpha value is -1.12. The molecular weight excluding hydrogens is 280 g/mol. The van der Waals surface area contributed by atoms with Gasteiger partial charge in [-0.3, -0.25) is 4.68 Å². The number of nitrogens with two attached hydrogens (primary N) is 1. The lowest BCUT2D eigenvalue weighted by Crippen LogP contribution is -2.41. The van der Waals surface area contributed by atoms with E-state index in [0.717, 1.165) is 12.8 Å². The molecule has 20 heavy (non-hydrogen) atoms. The Morgan fingerprint density at radius 1 is 1.50 bits per heavy atom. The molecule has 7 nitrogen and oxygen atoms in total. The first kappa shape index (κ1) is 13.8. The molecule has 2 heterocycles. The van der Waals surface area contributed by atoms with E-state index in [1.165, 1.54) is 10.9 Å². The summed E-state index contributed by atoms with van der Waals surface area (Å²) in [5.41, 5.74) is 5.70. The standard InChI is InChI=1S/C12H20N4O3S/c1-2-16-7-10(12(13)14-16)20(17,18)15-9-5-6-19-11(9)8-3-4-8/h7-9,11,15H,2-6H2,1H3,(H2,13,14). The van der Waals surface area contributed by atoms with Crippen molar-refractivity contribution in [2.24, 2.45) is 5.92 Å². The highest BCUT2D eigenvalue weighted by Gasteiger charge is 2.42. The number of nitrogen functional groups attached to an aromatic ring is 1. The quantitative estimate of drug-likeness (QED) is 0.816. The number of hydrogen-bond donors (Lipinski definition) is 2. The van der Waals surface area contributed by atoms with Crippen molar-refractivity contribution in [3.63, 3.8) is 0 Å². The molecule has 2 fully saturated rings. The molecule has 1 saturated carbocycles. The maximum absolute atomic E-state index is 12.4. The summed E-state index contributed by atoms with van der Waals surface area (Å²) in [6, 6.07) is -0.156. The van der Waals surface area contributed by atoms with Gasteiger partial charge in [-0.1, -0.05) is 0 Å². The van der Waals surface area contributed by atoms with E-state index in [0.29, 0.717) is 25.5 Å². The first-order valence-corrected chi connectivity index (χ1v) is 8.46. The van der Waals surface area contributed by atoms with Crippen LogP contribution in [0.1, 0.15) is 26.2 Å². The molecule has 0 bridgehead atoms. The Labute approximate surface area is 118 Å². The van der Waals surface area contributed by atoms with Gasteiger partial charge in [-0.15, -0.1) is 0 Å². The average Bonchev–Trinajstić information content (AvgIpc) is 3.01. The van der Waals surface area contributed by atoms with Gasteiger partial charge in [-0.05, 0) is 32.1 Å². The van der Waals surface area contributed by atoms with Crippen LogP contribution in [0.15, 0.2) is 11.1 Å². The maximum atomic E-state index is 12.4. The van der Waals surface area contributed by atoms with Gasteiger partial charge in [0.1, 0.15) is 4.90 Å². The highest BCUT2D eigenvalue weighted by atomic mass is 32.2. The summed E-state index contributed by atoms with van der Waals surface area (Å²) in [4.78, 5) is 0.0563. The molecule has 0 radical (unpaired) electrons. The first-order chi connectivity index (χ1) is 9.51. The Balaban J connectivity index is 1.79. The summed E-state index contributed by atoms with van der Waals surface area (Å²) in [5.74, 6) is 0.544. The zero-order chi connectivity index (χ0) is 14.3. The van der Waals surface area contributed by atoms with Crippen molar-refractivity contribution in [3.8, 4) is 0 Å². The van der Waals surface area contributed by atoms with Crippen molar-refractivity contribution in [2.75, 3.05) is 12.3 Å². The van der Waals surface area contributed by atoms with Crippen molar-refractivity contribution in [1.82, 2.24) is 14.5 Å². The molecule has 0 amide bonds. The van der Waals surface area contributed by atoms with E-state index in [1.54, 1.807) is 0 Å². The molecule has 1 aromatic rings. The van der Waals surface area contributed by atoms with Gasteiger partial charge in [0, 0.05) is 19.3 Å². The van der Waals surface area contributed by atoms with E-state index in [-0.39, 0.29) is 22.9 Å². The Kier molecular flexibility index (Phi) is 3.47. The Bertz CT molecular complexity index is 594. The summed E-state index contributed by atoms with van der Waals surface area (Å²) in [6.45, 7) is 3.07. The van der Waals surface area contributed by atoms with Gasteiger partial charge in [0.2, 0.25) is 10.0 Å². The number of ether oxygens (including phenoxy) is 1. The highest BCUT2D eigenvalue weighted by molar-refractivity contribution is 7.89. The molecule has 3 rings (SSSR count). The molecule has 0 spiro atoms. The lowest BCUT2D eigenvalue weighted by atomic mass is 10.1. The number of aromatic nitrogens is 2. The zero-order valence-corrected chi connectivity index (χ0v) is 12.3. The van der Waals surface area contributed by atoms with E-state index in [2.05, 4.69) is 9.82 Å². The normalized spacial score (nSPS) is 27.1. The Morgan fingerprint density at radius 2 is 2.25 bits per heavy atom. The summed E-state index contributed by atoms with van der Waals surface area (Å²) < 4.78 is 34.8. The summed E-state index contributed by atoms with van der Waals surface area (Å²) in [6.07, 6.45) is 4.44. The fourth-order valence-electron chi connectivity index (χ4n) is 2.68. The molecule has 1 aliphatic heterocycles. The molecule has 1 saturated heterocycles. The van der Waals surface area contributed by atoms with Crippen molar-refractivity contribution in [2.45, 2.75) is 49.8 Å². The zero-order valence-electron chi connectivity index (χ0n) is 11.4. The van der Waals surface area contributed by atoms with Crippen LogP contribution in [0.5, 0.6) is 0 Å². The fraction of sp³-hybridized carbons (Fsp3) is 0.750. The van der Waals surface area contributed by atoms with Crippen molar-refractivity contribution >= 4 is 15.8 Å². The molecule has 3 N–H and O–H groups in total. The predicted molar refractivity (Wildman–Crippen MR) is 73.5 cm³/mol. The topological polar surface area (TPSA) is 99.2 Å². The van der Waals surface area contributed by atoms with Gasteiger partial charge in [0.25, 0.3) is 0 Å². The molecule has 0 aromatic carbocycles. The lowest BCUT2D eigenvalue weighted by molar-refractivity contribution is 0.0848. The van der Waals surface area contributed by atoms with Gasteiger partial charge in [0.15, 0.2) is 5.82 Å². The fourth-order valence-corrected chi connectivity index (χ4v) is 4.03. The van der Waals surface area contributed by atoms with Gasteiger partial charge in [0.05, 0.1) is 12.1 Å². The van der Waals surface area contributed by atoms with Crippen LogP contribution in [-0.4, -0.2) is 37.0 Å². The summed E-state index contributed by atoms with van der Waals surface area (Å²) in [5, 5.41) is 3.98. The molecule has 112 valence electrons. The summed E-state index contributed by atoms with van der Waals surface area (Å²) >= 11 is 0. The van der Waals surface area contributed by atoms with Crippen LogP contribution >= 0.6 is 0 Å². The number of aryl methyl sites for hydroxylation is 1. The van der Waals surface area contributed by atoms with Crippen LogP contribution in [0.4, 0.5) is 5.82 Å². The molecule has 2 unspecified atom stereocenters. The molecule has 2 atom stereocenters. The SMILES string of the molecule is CCn1cc(S(=O)(=O)NC2CCOC2C2CC2)c(N)n1. The van der Waals surface area contributed by atoms with E-state index in [9.17, 15) is 8.42 Å². The third-order valence-electron chi connectivity index (χ3n) is 3.90. The van der Waals surface area contributed by atoms with Crippen LogP contribution in [0, 0.1) is 5.92 Å². The number of nitrogens with one attached hydrogen (secondary N) is 1. The number of nitrogens with zero attached hydrogens (tertiary/aromatic N) is 2. The van der Waals surface area contributed by atoms with E-state index < -0.39 is 10.0 Å². The minimum atomic E-state index is -3.64. The molecule has 1 aromatic heterocycles. The molecular formula is C12H20N4O3S. The molecule has 8 heteroatoms. The average molecular weight is 300 g/mol. The van der Waals surface area contributed by atoms with Crippen LogP contribution < -0.4 is 10.5 Å². The number of rotatable bonds is 5. The largest absolute Gasteiger partial charge is 0.381 e.